The number of hydrogen-bond donors (Lipinski definition) is 1. The summed E-state index contributed by atoms with van der Waals surface area (Å²) < 4.78 is 25.2. The van der Waals surface area contributed by atoms with Gasteiger partial charge in [-0.05, 0) is 65.9 Å². The number of aryl methyl sites for hydroxylation is 1. The van der Waals surface area contributed by atoms with E-state index in [1.165, 1.54) is 17.0 Å². The van der Waals surface area contributed by atoms with E-state index >= 15 is 0 Å². The monoisotopic (exact) mass is 497 g/mol. The molecule has 0 spiro atoms. The summed E-state index contributed by atoms with van der Waals surface area (Å²) in [5, 5.41) is 11.1. The van der Waals surface area contributed by atoms with Gasteiger partial charge in [-0.25, -0.2) is 9.18 Å². The molecular formula is C31H28FNO4. The van der Waals surface area contributed by atoms with Crippen LogP contribution in [0.5, 0.6) is 5.75 Å². The normalized spacial score (nSPS) is 17.9. The van der Waals surface area contributed by atoms with Gasteiger partial charge in [0.25, 0.3) is 0 Å². The number of halogens is 1. The molecule has 1 aliphatic heterocycles. The number of nitrogens with zero attached hydrogens (tertiary/aromatic N) is 1. The Morgan fingerprint density at radius 1 is 0.838 bits per heavy atom. The molecule has 0 saturated carbocycles. The van der Waals surface area contributed by atoms with Crippen LogP contribution in [0.1, 0.15) is 29.2 Å². The van der Waals surface area contributed by atoms with E-state index in [0.717, 1.165) is 16.7 Å². The highest BCUT2D eigenvalue weighted by Crippen LogP contribution is 2.40. The smallest absolute Gasteiger partial charge is 0.415 e. The Hall–Kier alpha value is -4.16. The van der Waals surface area contributed by atoms with Gasteiger partial charge in [0, 0.05) is 5.69 Å². The van der Waals surface area contributed by atoms with Crippen molar-refractivity contribution in [2.24, 2.45) is 0 Å². The van der Waals surface area contributed by atoms with E-state index < -0.39 is 30.2 Å². The zero-order valence-electron chi connectivity index (χ0n) is 20.2. The number of aliphatic hydroxyl groups is 1. The number of anilines is 1. The minimum atomic E-state index is -0.895. The van der Waals surface area contributed by atoms with Crippen molar-refractivity contribution in [3.05, 3.63) is 132 Å². The molecule has 1 heterocycles. The minimum Gasteiger partial charge on any atom is -0.489 e. The summed E-state index contributed by atoms with van der Waals surface area (Å²) in [6.07, 6.45) is -1.20. The first-order valence-electron chi connectivity index (χ1n) is 12.3. The maximum Gasteiger partial charge on any atom is 0.415 e. The third kappa shape index (κ3) is 5.81. The fourth-order valence-corrected chi connectivity index (χ4v) is 4.62. The van der Waals surface area contributed by atoms with Crippen molar-refractivity contribution in [2.75, 3.05) is 4.90 Å². The van der Waals surface area contributed by atoms with Crippen LogP contribution in [0.2, 0.25) is 0 Å². The maximum atomic E-state index is 13.6. The van der Waals surface area contributed by atoms with Crippen LogP contribution in [0.25, 0.3) is 0 Å². The Kier molecular flexibility index (Phi) is 7.47. The quantitative estimate of drug-likeness (QED) is 0.288. The van der Waals surface area contributed by atoms with E-state index in [-0.39, 0.29) is 0 Å². The molecule has 6 heteroatoms. The summed E-state index contributed by atoms with van der Waals surface area (Å²) in [5.41, 5.74) is 3.44. The molecule has 5 nitrogen and oxygen atoms in total. The van der Waals surface area contributed by atoms with Crippen LogP contribution in [0.4, 0.5) is 14.9 Å². The second-order valence-electron chi connectivity index (χ2n) is 9.07. The summed E-state index contributed by atoms with van der Waals surface area (Å²) in [7, 11) is 0. The molecule has 0 bridgehead atoms. The Labute approximate surface area is 215 Å². The molecule has 1 fully saturated rings. The van der Waals surface area contributed by atoms with Crippen LogP contribution < -0.4 is 9.64 Å². The summed E-state index contributed by atoms with van der Waals surface area (Å²) >= 11 is 0. The van der Waals surface area contributed by atoms with Crippen molar-refractivity contribution < 1.29 is 23.8 Å². The van der Waals surface area contributed by atoms with Crippen LogP contribution in [-0.4, -0.2) is 23.4 Å². The number of ether oxygens (including phenoxy) is 2. The molecule has 37 heavy (non-hydrogen) atoms. The van der Waals surface area contributed by atoms with Gasteiger partial charge in [-0.3, -0.25) is 4.90 Å². The lowest BCUT2D eigenvalue weighted by Gasteiger charge is -2.27. The van der Waals surface area contributed by atoms with Gasteiger partial charge in [0.2, 0.25) is 0 Å². The lowest BCUT2D eigenvalue weighted by atomic mass is 9.93. The lowest BCUT2D eigenvalue weighted by molar-refractivity contribution is 0.0146. The van der Waals surface area contributed by atoms with E-state index in [9.17, 15) is 14.3 Å². The Morgan fingerprint density at radius 3 is 2.11 bits per heavy atom. The number of benzene rings is 4. The van der Waals surface area contributed by atoms with Crippen molar-refractivity contribution >= 4 is 11.8 Å². The van der Waals surface area contributed by atoms with Gasteiger partial charge in [0.05, 0.1) is 6.10 Å². The van der Waals surface area contributed by atoms with Crippen LogP contribution in [0.15, 0.2) is 109 Å². The number of carbonyl (C=O) groups is 1. The SMILES string of the molecule is O=C1OC([C@H](O)CCc2ccccc2)[C@@H](c2ccc(OCc3ccccc3)cc2)N1c1ccc(F)cc1. The fourth-order valence-electron chi connectivity index (χ4n) is 4.62. The Balaban J connectivity index is 1.38. The molecule has 0 aliphatic carbocycles. The molecule has 5 rings (SSSR count). The minimum absolute atomic E-state index is 0.396. The molecule has 1 saturated heterocycles. The van der Waals surface area contributed by atoms with Crippen molar-refractivity contribution in [1.29, 1.82) is 0 Å². The number of rotatable bonds is 9. The van der Waals surface area contributed by atoms with Gasteiger partial charge < -0.3 is 14.6 Å². The molecule has 1 N–H and O–H groups in total. The van der Waals surface area contributed by atoms with E-state index in [2.05, 4.69) is 0 Å². The predicted octanol–water partition coefficient (Wildman–Crippen LogP) is 6.46. The maximum absolute atomic E-state index is 13.6. The van der Waals surface area contributed by atoms with Crippen LogP contribution in [0.3, 0.4) is 0 Å². The molecule has 4 aromatic carbocycles. The first kappa shape index (κ1) is 24.5. The van der Waals surface area contributed by atoms with Crippen molar-refractivity contribution in [2.45, 2.75) is 37.7 Å². The molecule has 1 aliphatic rings. The van der Waals surface area contributed by atoms with Crippen molar-refractivity contribution in [1.82, 2.24) is 0 Å². The van der Waals surface area contributed by atoms with E-state index in [0.29, 0.717) is 30.9 Å². The lowest BCUT2D eigenvalue weighted by Crippen LogP contribution is -2.35. The molecule has 0 aromatic heterocycles. The molecule has 0 radical (unpaired) electrons. The first-order chi connectivity index (χ1) is 18.1. The van der Waals surface area contributed by atoms with Gasteiger partial charge in [-0.15, -0.1) is 0 Å². The highest BCUT2D eigenvalue weighted by Gasteiger charge is 2.46. The van der Waals surface area contributed by atoms with Crippen LogP contribution in [0, 0.1) is 5.82 Å². The second-order valence-corrected chi connectivity index (χ2v) is 9.07. The third-order valence-corrected chi connectivity index (χ3v) is 6.55. The Bertz CT molecular complexity index is 1300. The summed E-state index contributed by atoms with van der Waals surface area (Å²) in [6.45, 7) is 0.438. The highest BCUT2D eigenvalue weighted by molar-refractivity contribution is 5.91. The zero-order chi connectivity index (χ0) is 25.6. The number of cyclic esters (lactones) is 1. The number of aliphatic hydroxyl groups excluding tert-OH is 1. The van der Waals surface area contributed by atoms with Crippen molar-refractivity contribution in [3.8, 4) is 5.75 Å². The third-order valence-electron chi connectivity index (χ3n) is 6.55. The summed E-state index contributed by atoms with van der Waals surface area (Å²) in [5.74, 6) is 0.291. The van der Waals surface area contributed by atoms with Gasteiger partial charge in [0.15, 0.2) is 6.10 Å². The zero-order valence-corrected chi connectivity index (χ0v) is 20.2. The predicted molar refractivity (Wildman–Crippen MR) is 140 cm³/mol. The molecule has 1 amide bonds. The van der Waals surface area contributed by atoms with Gasteiger partial charge in [0.1, 0.15) is 24.2 Å². The summed E-state index contributed by atoms with van der Waals surface area (Å²) in [4.78, 5) is 14.5. The molecular weight excluding hydrogens is 469 g/mol. The van der Waals surface area contributed by atoms with E-state index in [4.69, 9.17) is 9.47 Å². The van der Waals surface area contributed by atoms with Gasteiger partial charge >= 0.3 is 6.09 Å². The standard InChI is InChI=1S/C31H28FNO4/c32-25-14-16-26(17-15-25)33-29(24-12-18-27(19-13-24)36-21-23-9-5-2-6-10-23)30(37-31(33)35)28(34)20-11-22-7-3-1-4-8-22/h1-10,12-19,28-30,34H,11,20-21H2/t28-,29-,30?/m1/s1. The average Bonchev–Trinajstić information content (AvgIpc) is 3.29. The number of carbonyl (C=O) groups excluding carboxylic acids is 1. The molecule has 4 aromatic rings. The van der Waals surface area contributed by atoms with Crippen LogP contribution in [-0.2, 0) is 17.8 Å². The Morgan fingerprint density at radius 2 is 1.46 bits per heavy atom. The van der Waals surface area contributed by atoms with Gasteiger partial charge in [-0.1, -0.05) is 72.8 Å². The number of hydrogen-bond acceptors (Lipinski definition) is 4. The van der Waals surface area contributed by atoms with Crippen LogP contribution >= 0.6 is 0 Å². The molecule has 1 unspecified atom stereocenters. The van der Waals surface area contributed by atoms with E-state index in [1.807, 2.05) is 84.9 Å². The molecule has 188 valence electrons. The number of amides is 1. The van der Waals surface area contributed by atoms with Gasteiger partial charge in [-0.2, -0.15) is 0 Å². The average molecular weight is 498 g/mol. The molecule has 3 atom stereocenters. The highest BCUT2D eigenvalue weighted by atomic mass is 19.1. The first-order valence-corrected chi connectivity index (χ1v) is 12.3. The van der Waals surface area contributed by atoms with E-state index in [1.54, 1.807) is 12.1 Å². The topological polar surface area (TPSA) is 59.0 Å². The fraction of sp³-hybridized carbons (Fsp3) is 0.194. The summed E-state index contributed by atoms with van der Waals surface area (Å²) in [6, 6.07) is 32.3. The van der Waals surface area contributed by atoms with Crippen molar-refractivity contribution in [3.63, 3.8) is 0 Å². The largest absolute Gasteiger partial charge is 0.489 e. The second kappa shape index (κ2) is 11.3.